The fourth-order valence-corrected chi connectivity index (χ4v) is 1.81. The zero-order valence-electron chi connectivity index (χ0n) is 12.9. The van der Waals surface area contributed by atoms with Gasteiger partial charge in [0.05, 0.1) is 7.11 Å². The van der Waals surface area contributed by atoms with Gasteiger partial charge < -0.3 is 15.4 Å². The summed E-state index contributed by atoms with van der Waals surface area (Å²) in [5.74, 6) is 0.722. The molecule has 0 fully saturated rings. The molecule has 0 aliphatic heterocycles. The van der Waals surface area contributed by atoms with Crippen LogP contribution in [0.4, 0.5) is 0 Å². The quantitative estimate of drug-likeness (QED) is 0.719. The summed E-state index contributed by atoms with van der Waals surface area (Å²) in [6.07, 6.45) is 0.766. The number of benzene rings is 1. The van der Waals surface area contributed by atoms with Crippen molar-refractivity contribution in [2.45, 2.75) is 33.2 Å². The molecule has 5 nitrogen and oxygen atoms in total. The molecule has 0 radical (unpaired) electrons. The van der Waals surface area contributed by atoms with Gasteiger partial charge in [0, 0.05) is 18.7 Å². The highest BCUT2D eigenvalue weighted by Crippen LogP contribution is 2.16. The zero-order valence-corrected chi connectivity index (χ0v) is 12.9. The molecule has 0 unspecified atom stereocenters. The van der Waals surface area contributed by atoms with E-state index in [1.165, 1.54) is 0 Å². The first kappa shape index (κ1) is 17.0. The van der Waals surface area contributed by atoms with Gasteiger partial charge in [0.25, 0.3) is 0 Å². The number of para-hydroxylation sites is 1. The minimum absolute atomic E-state index is 0.146. The Kier molecular flexibility index (Phi) is 7.29. The molecule has 0 aromatic heterocycles. The highest BCUT2D eigenvalue weighted by Gasteiger charge is 2.10. The summed E-state index contributed by atoms with van der Waals surface area (Å²) in [4.78, 5) is 23.3. The minimum atomic E-state index is -0.289. The van der Waals surface area contributed by atoms with Crippen molar-refractivity contribution in [2.75, 3.05) is 13.7 Å². The molecule has 21 heavy (non-hydrogen) atoms. The average Bonchev–Trinajstić information content (AvgIpc) is 2.45. The number of hydrogen-bond acceptors (Lipinski definition) is 3. The molecular formula is C16H24N2O3. The third kappa shape index (κ3) is 6.79. The van der Waals surface area contributed by atoms with E-state index in [1.807, 2.05) is 24.3 Å². The largest absolute Gasteiger partial charge is 0.496 e. The molecular weight excluding hydrogens is 268 g/mol. The van der Waals surface area contributed by atoms with Crippen molar-refractivity contribution in [3.05, 3.63) is 29.8 Å². The summed E-state index contributed by atoms with van der Waals surface area (Å²) in [5.41, 5.74) is 0.883. The molecule has 0 heterocycles. The zero-order chi connectivity index (χ0) is 15.7. The van der Waals surface area contributed by atoms with Crippen molar-refractivity contribution in [3.63, 3.8) is 0 Å². The lowest BCUT2D eigenvalue weighted by Gasteiger charge is -2.10. The molecule has 1 aromatic rings. The lowest BCUT2D eigenvalue weighted by atomic mass is 10.1. The Balaban J connectivity index is 2.32. The molecule has 1 aromatic carbocycles. The maximum Gasteiger partial charge on any atom is 0.229 e. The lowest BCUT2D eigenvalue weighted by Crippen LogP contribution is -2.32. The number of nitrogens with one attached hydrogen (secondary N) is 2. The first-order chi connectivity index (χ1) is 10.0. The number of amides is 2. The fourth-order valence-electron chi connectivity index (χ4n) is 1.81. The Morgan fingerprint density at radius 2 is 1.81 bits per heavy atom. The van der Waals surface area contributed by atoms with E-state index in [0.29, 0.717) is 19.0 Å². The van der Waals surface area contributed by atoms with Gasteiger partial charge in [-0.1, -0.05) is 32.0 Å². The molecule has 116 valence electrons. The molecule has 2 N–H and O–H groups in total. The Morgan fingerprint density at radius 3 is 2.48 bits per heavy atom. The van der Waals surface area contributed by atoms with E-state index in [1.54, 1.807) is 7.11 Å². The summed E-state index contributed by atoms with van der Waals surface area (Å²) in [6.45, 7) is 5.14. The van der Waals surface area contributed by atoms with Crippen molar-refractivity contribution < 1.29 is 14.3 Å². The van der Waals surface area contributed by atoms with Crippen LogP contribution in [0.2, 0.25) is 0 Å². The number of hydrogen-bond donors (Lipinski definition) is 2. The van der Waals surface area contributed by atoms with E-state index in [0.717, 1.165) is 17.7 Å². The molecule has 1 rings (SSSR count). The summed E-state index contributed by atoms with van der Waals surface area (Å²) in [6, 6.07) is 7.46. The van der Waals surface area contributed by atoms with Crippen LogP contribution >= 0.6 is 0 Å². The molecule has 0 aliphatic rings. The Bertz CT molecular complexity index is 472. The van der Waals surface area contributed by atoms with Crippen LogP contribution in [0.5, 0.6) is 5.75 Å². The maximum absolute atomic E-state index is 11.7. The fraction of sp³-hybridized carbons (Fsp3) is 0.500. The lowest BCUT2D eigenvalue weighted by molar-refractivity contribution is -0.129. The van der Waals surface area contributed by atoms with Crippen LogP contribution in [-0.2, 0) is 16.1 Å². The van der Waals surface area contributed by atoms with Gasteiger partial charge >= 0.3 is 0 Å². The van der Waals surface area contributed by atoms with Gasteiger partial charge in [-0.2, -0.15) is 0 Å². The van der Waals surface area contributed by atoms with Crippen LogP contribution in [0.25, 0.3) is 0 Å². The first-order valence-corrected chi connectivity index (χ1v) is 7.18. The molecule has 2 amide bonds. The van der Waals surface area contributed by atoms with Crippen LogP contribution < -0.4 is 15.4 Å². The predicted molar refractivity (Wildman–Crippen MR) is 81.9 cm³/mol. The molecule has 0 aliphatic carbocycles. The van der Waals surface area contributed by atoms with Crippen LogP contribution in [-0.4, -0.2) is 25.5 Å². The molecule has 5 heteroatoms. The maximum atomic E-state index is 11.7. The van der Waals surface area contributed by atoms with Gasteiger partial charge in [0.15, 0.2) is 0 Å². The predicted octanol–water partition coefficient (Wildman–Crippen LogP) is 1.86. The number of carbonyl (C=O) groups is 2. The first-order valence-electron chi connectivity index (χ1n) is 7.18. The van der Waals surface area contributed by atoms with E-state index in [2.05, 4.69) is 24.5 Å². The minimum Gasteiger partial charge on any atom is -0.496 e. The average molecular weight is 292 g/mol. The highest BCUT2D eigenvalue weighted by molar-refractivity contribution is 5.96. The van der Waals surface area contributed by atoms with Crippen LogP contribution in [0.3, 0.4) is 0 Å². The van der Waals surface area contributed by atoms with E-state index in [9.17, 15) is 9.59 Å². The van der Waals surface area contributed by atoms with Crippen LogP contribution in [0.15, 0.2) is 24.3 Å². The summed E-state index contributed by atoms with van der Waals surface area (Å²) in [7, 11) is 1.59. The van der Waals surface area contributed by atoms with E-state index in [-0.39, 0.29) is 18.2 Å². The molecule has 0 spiro atoms. The normalized spacial score (nSPS) is 10.3. The SMILES string of the molecule is COc1ccccc1CNC(=O)CC(=O)NCCC(C)C. The second-order valence-corrected chi connectivity index (χ2v) is 5.30. The molecule has 0 saturated heterocycles. The second-order valence-electron chi connectivity index (χ2n) is 5.30. The van der Waals surface area contributed by atoms with Gasteiger partial charge in [-0.3, -0.25) is 9.59 Å². The van der Waals surface area contributed by atoms with E-state index < -0.39 is 0 Å². The molecule has 0 bridgehead atoms. The van der Waals surface area contributed by atoms with Gasteiger partial charge in [0.2, 0.25) is 11.8 Å². The van der Waals surface area contributed by atoms with Gasteiger partial charge in [-0.05, 0) is 18.4 Å². The number of rotatable bonds is 8. The third-order valence-electron chi connectivity index (χ3n) is 3.03. The third-order valence-corrected chi connectivity index (χ3v) is 3.03. The van der Waals surface area contributed by atoms with Crippen molar-refractivity contribution in [2.24, 2.45) is 5.92 Å². The number of methoxy groups -OCH3 is 1. The second kappa shape index (κ2) is 9.00. The van der Waals surface area contributed by atoms with Crippen LogP contribution in [0.1, 0.15) is 32.3 Å². The summed E-state index contributed by atoms with van der Waals surface area (Å²) in [5, 5.41) is 5.47. The monoisotopic (exact) mass is 292 g/mol. The smallest absolute Gasteiger partial charge is 0.229 e. The van der Waals surface area contributed by atoms with Crippen molar-refractivity contribution >= 4 is 11.8 Å². The summed E-state index contributed by atoms with van der Waals surface area (Å²) < 4.78 is 5.20. The highest BCUT2D eigenvalue weighted by atomic mass is 16.5. The van der Waals surface area contributed by atoms with E-state index in [4.69, 9.17) is 4.74 Å². The topological polar surface area (TPSA) is 67.4 Å². The van der Waals surface area contributed by atoms with Gasteiger partial charge in [0.1, 0.15) is 12.2 Å². The standard InChI is InChI=1S/C16H24N2O3/c1-12(2)8-9-17-15(19)10-16(20)18-11-13-6-4-5-7-14(13)21-3/h4-7,12H,8-11H2,1-3H3,(H,17,19)(H,18,20). The van der Waals surface area contributed by atoms with Gasteiger partial charge in [-0.25, -0.2) is 0 Å². The van der Waals surface area contributed by atoms with Crippen molar-refractivity contribution in [1.29, 1.82) is 0 Å². The Morgan fingerprint density at radius 1 is 1.14 bits per heavy atom. The Labute approximate surface area is 126 Å². The van der Waals surface area contributed by atoms with E-state index >= 15 is 0 Å². The summed E-state index contributed by atoms with van der Waals surface area (Å²) >= 11 is 0. The van der Waals surface area contributed by atoms with Crippen molar-refractivity contribution in [3.8, 4) is 5.75 Å². The molecule has 0 saturated carbocycles. The van der Waals surface area contributed by atoms with Crippen molar-refractivity contribution in [1.82, 2.24) is 10.6 Å². The Hall–Kier alpha value is -2.04. The van der Waals surface area contributed by atoms with Crippen LogP contribution in [0, 0.1) is 5.92 Å². The number of carbonyl (C=O) groups excluding carboxylic acids is 2. The molecule has 0 atom stereocenters. The number of ether oxygens (including phenoxy) is 1. The van der Waals surface area contributed by atoms with Gasteiger partial charge in [-0.15, -0.1) is 0 Å².